The van der Waals surface area contributed by atoms with E-state index >= 15 is 0 Å². The van der Waals surface area contributed by atoms with E-state index in [0.717, 1.165) is 10.1 Å². The van der Waals surface area contributed by atoms with E-state index in [-0.39, 0.29) is 5.12 Å². The lowest BCUT2D eigenvalue weighted by atomic mass is 10.2. The van der Waals surface area contributed by atoms with Gasteiger partial charge in [-0.25, -0.2) is 0 Å². The van der Waals surface area contributed by atoms with Crippen molar-refractivity contribution in [1.29, 1.82) is 0 Å². The molecule has 0 saturated carbocycles. The number of carbonyl (C=O) groups is 1. The summed E-state index contributed by atoms with van der Waals surface area (Å²) in [5.74, 6) is 0.889. The Morgan fingerprint density at radius 3 is 2.79 bits per heavy atom. The smallest absolute Gasteiger partial charge is 0.217 e. The fourth-order valence-corrected chi connectivity index (χ4v) is 2.87. The standard InChI is InChI=1S/C10H9NOS2/c12-9-6-11-10(14-9)13-7-8-4-2-1-3-5-8/h1-5H,6-7H2. The Morgan fingerprint density at radius 2 is 2.14 bits per heavy atom. The Kier molecular flexibility index (Phi) is 3.26. The second-order valence-corrected chi connectivity index (χ2v) is 5.10. The summed E-state index contributed by atoms with van der Waals surface area (Å²) in [4.78, 5) is 15.0. The molecule has 0 atom stereocenters. The SMILES string of the molecule is O=C1CN=C(SCc2ccccc2)S1. The van der Waals surface area contributed by atoms with Crippen LogP contribution in [0.2, 0.25) is 0 Å². The molecule has 1 aliphatic rings. The molecule has 0 aromatic heterocycles. The average molecular weight is 223 g/mol. The van der Waals surface area contributed by atoms with Crippen molar-refractivity contribution in [3.05, 3.63) is 35.9 Å². The van der Waals surface area contributed by atoms with E-state index in [1.807, 2.05) is 18.2 Å². The Hall–Kier alpha value is -0.740. The lowest BCUT2D eigenvalue weighted by Crippen LogP contribution is -1.87. The van der Waals surface area contributed by atoms with E-state index in [9.17, 15) is 4.79 Å². The van der Waals surface area contributed by atoms with Gasteiger partial charge in [-0.3, -0.25) is 9.79 Å². The minimum absolute atomic E-state index is 0.153. The van der Waals surface area contributed by atoms with Crippen LogP contribution < -0.4 is 0 Å². The number of rotatable bonds is 2. The van der Waals surface area contributed by atoms with E-state index in [2.05, 4.69) is 17.1 Å². The first-order valence-corrected chi connectivity index (χ1v) is 6.06. The summed E-state index contributed by atoms with van der Waals surface area (Å²) in [6.45, 7) is 0.349. The van der Waals surface area contributed by atoms with Gasteiger partial charge in [0, 0.05) is 5.75 Å². The van der Waals surface area contributed by atoms with Crippen LogP contribution in [0.3, 0.4) is 0 Å². The van der Waals surface area contributed by atoms with Crippen LogP contribution in [-0.4, -0.2) is 16.0 Å². The molecule has 0 amide bonds. The van der Waals surface area contributed by atoms with Crippen molar-refractivity contribution in [3.63, 3.8) is 0 Å². The minimum atomic E-state index is 0.153. The van der Waals surface area contributed by atoms with Crippen LogP contribution in [0, 0.1) is 0 Å². The summed E-state index contributed by atoms with van der Waals surface area (Å²) in [6.07, 6.45) is 0. The van der Waals surface area contributed by atoms with Crippen molar-refractivity contribution >= 4 is 33.0 Å². The summed E-state index contributed by atoms with van der Waals surface area (Å²) in [5, 5.41) is 0.153. The van der Waals surface area contributed by atoms with Crippen molar-refractivity contribution in [1.82, 2.24) is 0 Å². The van der Waals surface area contributed by atoms with E-state index < -0.39 is 0 Å². The molecule has 1 aromatic rings. The molecular weight excluding hydrogens is 214 g/mol. The second kappa shape index (κ2) is 4.66. The zero-order valence-corrected chi connectivity index (χ0v) is 9.11. The Bertz CT molecular complexity index is 362. The van der Waals surface area contributed by atoms with Gasteiger partial charge in [-0.1, -0.05) is 42.1 Å². The maximum atomic E-state index is 10.9. The highest BCUT2D eigenvalue weighted by Gasteiger charge is 2.15. The number of carbonyl (C=O) groups excluding carboxylic acids is 1. The molecule has 2 rings (SSSR count). The summed E-state index contributed by atoms with van der Waals surface area (Å²) < 4.78 is 0.902. The number of hydrogen-bond donors (Lipinski definition) is 0. The van der Waals surface area contributed by atoms with Gasteiger partial charge in [0.25, 0.3) is 0 Å². The molecule has 2 nitrogen and oxygen atoms in total. The van der Waals surface area contributed by atoms with Crippen LogP contribution in [0.1, 0.15) is 5.56 Å². The number of nitrogens with zero attached hydrogens (tertiary/aromatic N) is 1. The highest BCUT2D eigenvalue weighted by molar-refractivity contribution is 8.45. The molecule has 14 heavy (non-hydrogen) atoms. The highest BCUT2D eigenvalue weighted by Crippen LogP contribution is 2.25. The quantitative estimate of drug-likeness (QED) is 0.771. The summed E-state index contributed by atoms with van der Waals surface area (Å²) in [5.41, 5.74) is 1.26. The Morgan fingerprint density at radius 1 is 1.36 bits per heavy atom. The van der Waals surface area contributed by atoms with Gasteiger partial charge in [0.15, 0.2) is 0 Å². The van der Waals surface area contributed by atoms with Crippen molar-refractivity contribution in [2.45, 2.75) is 5.75 Å². The zero-order valence-electron chi connectivity index (χ0n) is 7.47. The topological polar surface area (TPSA) is 29.4 Å². The molecule has 0 unspecified atom stereocenters. The van der Waals surface area contributed by atoms with Gasteiger partial charge in [-0.15, -0.1) is 0 Å². The molecule has 1 aliphatic heterocycles. The van der Waals surface area contributed by atoms with Crippen molar-refractivity contribution in [2.75, 3.05) is 6.54 Å². The molecule has 1 heterocycles. The third kappa shape index (κ3) is 2.62. The fraction of sp³-hybridized carbons (Fsp3) is 0.200. The third-order valence-electron chi connectivity index (χ3n) is 1.74. The third-order valence-corrected chi connectivity index (χ3v) is 3.86. The normalized spacial score (nSPS) is 15.7. The van der Waals surface area contributed by atoms with E-state index in [4.69, 9.17) is 0 Å². The molecule has 0 radical (unpaired) electrons. The molecule has 0 saturated heterocycles. The lowest BCUT2D eigenvalue weighted by molar-refractivity contribution is -0.109. The van der Waals surface area contributed by atoms with Crippen LogP contribution in [0.5, 0.6) is 0 Å². The maximum absolute atomic E-state index is 10.9. The largest absolute Gasteiger partial charge is 0.285 e. The minimum Gasteiger partial charge on any atom is -0.285 e. The van der Waals surface area contributed by atoms with Crippen LogP contribution in [0.15, 0.2) is 35.3 Å². The van der Waals surface area contributed by atoms with Gasteiger partial charge in [-0.2, -0.15) is 0 Å². The predicted octanol–water partition coefficient (Wildman–Crippen LogP) is 2.55. The second-order valence-electron chi connectivity index (χ2n) is 2.83. The van der Waals surface area contributed by atoms with Crippen LogP contribution >= 0.6 is 23.5 Å². The van der Waals surface area contributed by atoms with Gasteiger partial charge >= 0.3 is 0 Å². The van der Waals surface area contributed by atoms with Crippen LogP contribution in [0.25, 0.3) is 0 Å². The van der Waals surface area contributed by atoms with Crippen molar-refractivity contribution < 1.29 is 4.79 Å². The van der Waals surface area contributed by atoms with Crippen molar-refractivity contribution in [2.24, 2.45) is 4.99 Å². The highest BCUT2D eigenvalue weighted by atomic mass is 32.2. The number of aliphatic imine (C=N–C) groups is 1. The lowest BCUT2D eigenvalue weighted by Gasteiger charge is -1.98. The van der Waals surface area contributed by atoms with Gasteiger partial charge in [-0.05, 0) is 17.3 Å². The molecule has 0 fully saturated rings. The monoisotopic (exact) mass is 223 g/mol. The first kappa shape index (κ1) is 9.80. The summed E-state index contributed by atoms with van der Waals surface area (Å²) in [7, 11) is 0. The van der Waals surface area contributed by atoms with Crippen LogP contribution in [-0.2, 0) is 10.5 Å². The van der Waals surface area contributed by atoms with Gasteiger partial charge in [0.1, 0.15) is 10.9 Å². The average Bonchev–Trinajstić information content (AvgIpc) is 2.63. The number of benzene rings is 1. The predicted molar refractivity (Wildman–Crippen MR) is 62.6 cm³/mol. The summed E-state index contributed by atoms with van der Waals surface area (Å²) >= 11 is 2.89. The van der Waals surface area contributed by atoms with E-state index in [1.54, 1.807) is 11.8 Å². The molecule has 72 valence electrons. The fourth-order valence-electron chi connectivity index (χ4n) is 1.09. The van der Waals surface area contributed by atoms with Crippen molar-refractivity contribution in [3.8, 4) is 0 Å². The first-order valence-electron chi connectivity index (χ1n) is 4.26. The first-order chi connectivity index (χ1) is 6.84. The molecule has 4 heteroatoms. The summed E-state index contributed by atoms with van der Waals surface area (Å²) in [6, 6.07) is 10.2. The van der Waals surface area contributed by atoms with Crippen LogP contribution in [0.4, 0.5) is 0 Å². The molecule has 0 spiro atoms. The van der Waals surface area contributed by atoms with Gasteiger partial charge < -0.3 is 0 Å². The Balaban J connectivity index is 1.86. The molecule has 0 aliphatic carbocycles. The number of thioether (sulfide) groups is 2. The molecular formula is C10H9NOS2. The van der Waals surface area contributed by atoms with Gasteiger partial charge in [0.2, 0.25) is 5.12 Å². The van der Waals surface area contributed by atoms with Gasteiger partial charge in [0.05, 0.1) is 0 Å². The number of hydrogen-bond acceptors (Lipinski definition) is 4. The zero-order chi connectivity index (χ0) is 9.80. The van der Waals surface area contributed by atoms with E-state index in [0.29, 0.717) is 6.54 Å². The maximum Gasteiger partial charge on any atom is 0.217 e. The molecule has 1 aromatic carbocycles. The molecule has 0 bridgehead atoms. The molecule has 0 N–H and O–H groups in total. The Labute approximate surface area is 91.2 Å². The van der Waals surface area contributed by atoms with E-state index in [1.165, 1.54) is 17.3 Å².